The molecule has 8 heteroatoms. The van der Waals surface area contributed by atoms with E-state index < -0.39 is 17.6 Å². The van der Waals surface area contributed by atoms with Crippen molar-refractivity contribution in [1.29, 1.82) is 0 Å². The highest BCUT2D eigenvalue weighted by molar-refractivity contribution is 5.92. The second kappa shape index (κ2) is 4.30. The number of amides is 1. The molecule has 1 aromatic carbocycles. The Bertz CT molecular complexity index is 633. The highest BCUT2D eigenvalue weighted by atomic mass is 19.4. The zero-order valence-electron chi connectivity index (χ0n) is 9.48. The minimum absolute atomic E-state index is 0.0547. The van der Waals surface area contributed by atoms with Crippen LogP contribution in [0.1, 0.15) is 15.9 Å². The van der Waals surface area contributed by atoms with Gasteiger partial charge in [-0.25, -0.2) is 4.68 Å². The van der Waals surface area contributed by atoms with Crippen molar-refractivity contribution in [2.75, 3.05) is 5.73 Å². The summed E-state index contributed by atoms with van der Waals surface area (Å²) in [6, 6.07) is 3.02. The number of nitrogens with zero attached hydrogens (tertiary/aromatic N) is 2. The summed E-state index contributed by atoms with van der Waals surface area (Å²) in [4.78, 5) is 10.9. The number of primary amides is 1. The molecule has 2 aromatic rings. The summed E-state index contributed by atoms with van der Waals surface area (Å²) in [5.41, 5.74) is 9.71. The van der Waals surface area contributed by atoms with Gasteiger partial charge in [0.1, 0.15) is 0 Å². The first-order chi connectivity index (χ1) is 8.77. The van der Waals surface area contributed by atoms with E-state index in [0.717, 1.165) is 16.8 Å². The molecule has 0 fully saturated rings. The van der Waals surface area contributed by atoms with Crippen molar-refractivity contribution in [3.05, 3.63) is 41.7 Å². The molecule has 0 bridgehead atoms. The topological polar surface area (TPSA) is 86.9 Å². The number of hydrogen-bond acceptors (Lipinski definition) is 3. The third-order valence-electron chi connectivity index (χ3n) is 2.40. The average Bonchev–Trinajstić information content (AvgIpc) is 2.76. The number of carbonyl (C=O) groups excluding carboxylic acids is 1. The number of anilines is 1. The minimum Gasteiger partial charge on any atom is -0.399 e. The summed E-state index contributed by atoms with van der Waals surface area (Å²) in [5, 5.41) is 3.76. The van der Waals surface area contributed by atoms with Gasteiger partial charge in [0.25, 0.3) is 5.91 Å². The van der Waals surface area contributed by atoms with Gasteiger partial charge >= 0.3 is 6.18 Å². The van der Waals surface area contributed by atoms with Crippen LogP contribution in [0.2, 0.25) is 0 Å². The number of nitrogens with two attached hydrogens (primary N) is 2. The lowest BCUT2D eigenvalue weighted by Crippen LogP contribution is -2.10. The van der Waals surface area contributed by atoms with Crippen LogP contribution in [0, 0.1) is 0 Å². The van der Waals surface area contributed by atoms with Crippen molar-refractivity contribution < 1.29 is 18.0 Å². The first-order valence-corrected chi connectivity index (χ1v) is 5.10. The maximum atomic E-state index is 12.6. The number of carbonyl (C=O) groups is 1. The number of nitrogen functional groups attached to an aromatic ring is 1. The van der Waals surface area contributed by atoms with Crippen LogP contribution < -0.4 is 11.5 Å². The van der Waals surface area contributed by atoms with Crippen LogP contribution in [0.3, 0.4) is 0 Å². The summed E-state index contributed by atoms with van der Waals surface area (Å²) < 4.78 is 39.0. The normalized spacial score (nSPS) is 11.5. The van der Waals surface area contributed by atoms with Gasteiger partial charge in [-0.3, -0.25) is 4.79 Å². The fourth-order valence-electron chi connectivity index (χ4n) is 1.52. The average molecular weight is 270 g/mol. The van der Waals surface area contributed by atoms with Crippen LogP contribution >= 0.6 is 0 Å². The van der Waals surface area contributed by atoms with Crippen LogP contribution in [0.15, 0.2) is 30.6 Å². The van der Waals surface area contributed by atoms with Gasteiger partial charge < -0.3 is 11.5 Å². The molecule has 0 spiro atoms. The molecule has 5 nitrogen and oxygen atoms in total. The molecule has 0 aliphatic rings. The lowest BCUT2D eigenvalue weighted by atomic mass is 10.1. The predicted octanol–water partition coefficient (Wildman–Crippen LogP) is 1.57. The molecule has 0 unspecified atom stereocenters. The highest BCUT2D eigenvalue weighted by Crippen LogP contribution is 2.32. The summed E-state index contributed by atoms with van der Waals surface area (Å²) in [5.74, 6) is -0.716. The molecule has 2 rings (SSSR count). The van der Waals surface area contributed by atoms with Gasteiger partial charge in [0.15, 0.2) is 0 Å². The molecule has 0 aliphatic carbocycles. The molecule has 4 N–H and O–H groups in total. The lowest BCUT2D eigenvalue weighted by molar-refractivity contribution is -0.137. The monoisotopic (exact) mass is 270 g/mol. The van der Waals surface area contributed by atoms with E-state index in [2.05, 4.69) is 5.10 Å². The number of rotatable bonds is 2. The number of benzene rings is 1. The molecule has 19 heavy (non-hydrogen) atoms. The SMILES string of the molecule is NC(=O)c1cnn(-c2cc(N)cc(C(F)(F)F)c2)c1. The molecule has 0 saturated carbocycles. The Balaban J connectivity index is 2.50. The van der Waals surface area contributed by atoms with Crippen LogP contribution in [0.5, 0.6) is 0 Å². The lowest BCUT2D eigenvalue weighted by Gasteiger charge is -2.10. The highest BCUT2D eigenvalue weighted by Gasteiger charge is 2.31. The summed E-state index contributed by atoms with van der Waals surface area (Å²) in [6.07, 6.45) is -2.11. The van der Waals surface area contributed by atoms with Gasteiger partial charge in [0, 0.05) is 11.9 Å². The molecular weight excluding hydrogens is 261 g/mol. The fraction of sp³-hybridized carbons (Fsp3) is 0.0909. The maximum absolute atomic E-state index is 12.6. The number of alkyl halides is 3. The van der Waals surface area contributed by atoms with E-state index in [0.29, 0.717) is 0 Å². The van der Waals surface area contributed by atoms with Crippen LogP contribution in [0.25, 0.3) is 5.69 Å². The van der Waals surface area contributed by atoms with Crippen molar-refractivity contribution in [3.63, 3.8) is 0 Å². The Labute approximate surface area is 105 Å². The minimum atomic E-state index is -4.51. The number of halogens is 3. The van der Waals surface area contributed by atoms with E-state index in [-0.39, 0.29) is 16.9 Å². The molecule has 1 amide bonds. The summed E-state index contributed by atoms with van der Waals surface area (Å²) in [6.45, 7) is 0. The van der Waals surface area contributed by atoms with Crippen molar-refractivity contribution in [3.8, 4) is 5.69 Å². The van der Waals surface area contributed by atoms with Gasteiger partial charge in [-0.15, -0.1) is 0 Å². The van der Waals surface area contributed by atoms with Crippen LogP contribution in [-0.2, 0) is 6.18 Å². The Morgan fingerprint density at radius 3 is 2.47 bits per heavy atom. The van der Waals surface area contributed by atoms with Gasteiger partial charge in [0.2, 0.25) is 0 Å². The molecule has 1 heterocycles. The van der Waals surface area contributed by atoms with Crippen molar-refractivity contribution in [2.24, 2.45) is 5.73 Å². The second-order valence-electron chi connectivity index (χ2n) is 3.85. The molecule has 0 radical (unpaired) electrons. The van der Waals surface area contributed by atoms with E-state index in [1.54, 1.807) is 0 Å². The third kappa shape index (κ3) is 2.67. The van der Waals surface area contributed by atoms with E-state index >= 15 is 0 Å². The third-order valence-corrected chi connectivity index (χ3v) is 2.40. The van der Waals surface area contributed by atoms with Crippen LogP contribution in [-0.4, -0.2) is 15.7 Å². The largest absolute Gasteiger partial charge is 0.416 e. The van der Waals surface area contributed by atoms with E-state index in [1.807, 2.05) is 0 Å². The Kier molecular flexibility index (Phi) is 2.93. The smallest absolute Gasteiger partial charge is 0.399 e. The second-order valence-corrected chi connectivity index (χ2v) is 3.85. The quantitative estimate of drug-likeness (QED) is 0.812. The predicted molar refractivity (Wildman–Crippen MR) is 61.5 cm³/mol. The van der Waals surface area contributed by atoms with Crippen LogP contribution in [0.4, 0.5) is 18.9 Å². The zero-order valence-corrected chi connectivity index (χ0v) is 9.48. The van der Waals surface area contributed by atoms with Gasteiger partial charge in [0.05, 0.1) is 23.0 Å². The Morgan fingerprint density at radius 1 is 1.26 bits per heavy atom. The van der Waals surface area contributed by atoms with Crippen molar-refractivity contribution in [1.82, 2.24) is 9.78 Å². The Hall–Kier alpha value is -2.51. The van der Waals surface area contributed by atoms with E-state index in [9.17, 15) is 18.0 Å². The number of hydrogen-bond donors (Lipinski definition) is 2. The fourth-order valence-corrected chi connectivity index (χ4v) is 1.52. The summed E-state index contributed by atoms with van der Waals surface area (Å²) >= 11 is 0. The van der Waals surface area contributed by atoms with E-state index in [1.165, 1.54) is 18.5 Å². The molecule has 100 valence electrons. The van der Waals surface area contributed by atoms with Gasteiger partial charge in [-0.2, -0.15) is 18.3 Å². The van der Waals surface area contributed by atoms with Crippen molar-refractivity contribution in [2.45, 2.75) is 6.18 Å². The maximum Gasteiger partial charge on any atom is 0.416 e. The molecule has 1 aromatic heterocycles. The molecule has 0 aliphatic heterocycles. The zero-order chi connectivity index (χ0) is 14.2. The summed E-state index contributed by atoms with van der Waals surface area (Å²) in [7, 11) is 0. The molecule has 0 atom stereocenters. The van der Waals surface area contributed by atoms with E-state index in [4.69, 9.17) is 11.5 Å². The molecular formula is C11H9F3N4O. The first kappa shape index (κ1) is 12.9. The standard InChI is InChI=1S/C11H9F3N4O/c12-11(13,14)7-1-8(15)3-9(2-7)18-5-6(4-17-18)10(16)19/h1-5H,15H2,(H2,16,19). The van der Waals surface area contributed by atoms with Gasteiger partial charge in [-0.1, -0.05) is 0 Å². The van der Waals surface area contributed by atoms with Crippen molar-refractivity contribution >= 4 is 11.6 Å². The Morgan fingerprint density at radius 2 is 1.95 bits per heavy atom. The first-order valence-electron chi connectivity index (χ1n) is 5.10. The molecule has 0 saturated heterocycles. The van der Waals surface area contributed by atoms with Gasteiger partial charge in [-0.05, 0) is 18.2 Å². The number of aromatic nitrogens is 2.